The molecule has 2 unspecified atom stereocenters. The maximum Gasteiger partial charge on any atom is 0.251 e. The smallest absolute Gasteiger partial charge is 0.251 e. The highest BCUT2D eigenvalue weighted by molar-refractivity contribution is 5.94. The van der Waals surface area contributed by atoms with E-state index >= 15 is 0 Å². The summed E-state index contributed by atoms with van der Waals surface area (Å²) in [7, 11) is 1.67. The van der Waals surface area contributed by atoms with Crippen LogP contribution in [0.15, 0.2) is 66.5 Å². The van der Waals surface area contributed by atoms with E-state index < -0.39 is 0 Å². The molecule has 1 aromatic heterocycles. The zero-order valence-electron chi connectivity index (χ0n) is 20.4. The second-order valence-electron chi connectivity index (χ2n) is 9.32. The number of fused-ring (bicyclic) bond motifs is 8. The van der Waals surface area contributed by atoms with Gasteiger partial charge in [-0.1, -0.05) is 18.2 Å². The maximum absolute atomic E-state index is 13.1. The van der Waals surface area contributed by atoms with E-state index in [0.29, 0.717) is 17.9 Å². The largest absolute Gasteiger partial charge is 0.437 e. The molecule has 2 aromatic carbocycles. The number of nitrogens with zero attached hydrogens (tertiary/aromatic N) is 1. The Morgan fingerprint density at radius 3 is 2.61 bits per heavy atom. The number of aryl methyl sites for hydroxylation is 2. The van der Waals surface area contributed by atoms with Crippen LogP contribution >= 0.6 is 0 Å². The highest BCUT2D eigenvalue weighted by Crippen LogP contribution is 2.54. The molecule has 0 spiro atoms. The monoisotopic (exact) mass is 476 g/mol. The van der Waals surface area contributed by atoms with Crippen LogP contribution in [0.4, 0.5) is 5.82 Å². The van der Waals surface area contributed by atoms with Crippen molar-refractivity contribution in [1.29, 1.82) is 0 Å². The quantitative estimate of drug-likeness (QED) is 0.505. The predicted molar refractivity (Wildman–Crippen MR) is 138 cm³/mol. The standard InChI is InChI=1S/C30H25N3O3/c1-16-12-27(31)33-17(2)25(16)15-32-30(34)19-9-11-22-24(14-19)29-23-13-18(8-10-21(23)28(22)36-29)20-6-4-5-7-26(20)35-3/h4,6-14,28-29H,15H2,1-3H3,(H2-,31,32,33,34)/p+1. The molecule has 1 aliphatic carbocycles. The van der Waals surface area contributed by atoms with Gasteiger partial charge in [0.25, 0.3) is 5.91 Å². The van der Waals surface area contributed by atoms with Crippen molar-refractivity contribution < 1.29 is 14.3 Å². The number of pyridine rings is 1. The number of rotatable bonds is 5. The second kappa shape index (κ2) is 8.45. The number of anilines is 1. The van der Waals surface area contributed by atoms with Gasteiger partial charge in [-0.2, -0.15) is 0 Å². The van der Waals surface area contributed by atoms with Crippen molar-refractivity contribution in [2.24, 2.45) is 0 Å². The highest BCUT2D eigenvalue weighted by atomic mass is 16.5. The molecule has 36 heavy (non-hydrogen) atoms. The van der Waals surface area contributed by atoms with E-state index in [1.807, 2.05) is 56.3 Å². The molecule has 6 nitrogen and oxygen atoms in total. The van der Waals surface area contributed by atoms with Gasteiger partial charge in [0.2, 0.25) is 5.76 Å². The molecule has 0 saturated heterocycles. The van der Waals surface area contributed by atoms with Gasteiger partial charge >= 0.3 is 0 Å². The van der Waals surface area contributed by atoms with E-state index in [2.05, 4.69) is 34.6 Å². The number of carbonyl (C=O) groups is 1. The van der Waals surface area contributed by atoms with Gasteiger partial charge in [0, 0.05) is 29.4 Å². The number of amides is 1. The van der Waals surface area contributed by atoms with Gasteiger partial charge in [-0.25, -0.2) is 4.98 Å². The molecule has 3 aliphatic rings. The molecule has 1 amide bonds. The Morgan fingerprint density at radius 2 is 1.83 bits per heavy atom. The molecule has 0 saturated carbocycles. The summed E-state index contributed by atoms with van der Waals surface area (Å²) in [5, 5.41) is 3.04. The normalized spacial score (nSPS) is 18.6. The summed E-state index contributed by atoms with van der Waals surface area (Å²) < 4.78 is 11.9. The van der Waals surface area contributed by atoms with Crippen molar-refractivity contribution in [3.8, 4) is 0 Å². The summed E-state index contributed by atoms with van der Waals surface area (Å²) >= 11 is 0. The average Bonchev–Trinajstić information content (AvgIpc) is 3.44. The van der Waals surface area contributed by atoms with Crippen LogP contribution < -0.4 is 11.1 Å². The SMILES string of the molecule is COC1=C(c2ccc3c(c2)C2OC3c3ccc(C(=O)NCc4c(C)cc(N)nc4C)cc32)C=C[C+]=C1. The van der Waals surface area contributed by atoms with E-state index in [9.17, 15) is 4.79 Å². The molecule has 0 fully saturated rings. The Morgan fingerprint density at radius 1 is 1.08 bits per heavy atom. The zero-order valence-corrected chi connectivity index (χ0v) is 20.4. The van der Waals surface area contributed by atoms with Crippen LogP contribution in [0, 0.1) is 19.9 Å². The lowest BCUT2D eigenvalue weighted by molar-refractivity contribution is 0.0857. The van der Waals surface area contributed by atoms with Gasteiger partial charge in [-0.05, 0) is 71.5 Å². The van der Waals surface area contributed by atoms with Gasteiger partial charge in [-0.15, -0.1) is 0 Å². The van der Waals surface area contributed by atoms with Gasteiger partial charge in [0.15, 0.2) is 0 Å². The first-order chi connectivity index (χ1) is 17.4. The van der Waals surface area contributed by atoms with Crippen molar-refractivity contribution >= 4 is 17.3 Å². The second-order valence-corrected chi connectivity index (χ2v) is 9.32. The number of methoxy groups -OCH3 is 1. The predicted octanol–water partition coefficient (Wildman–Crippen LogP) is 5.02. The third-order valence-electron chi connectivity index (χ3n) is 7.19. The molecule has 6 rings (SSSR count). The summed E-state index contributed by atoms with van der Waals surface area (Å²) in [4.78, 5) is 17.4. The topological polar surface area (TPSA) is 86.5 Å². The van der Waals surface area contributed by atoms with Crippen LogP contribution in [0.1, 0.15) is 67.2 Å². The fourth-order valence-corrected chi connectivity index (χ4v) is 5.40. The van der Waals surface area contributed by atoms with Gasteiger partial charge < -0.3 is 20.5 Å². The average molecular weight is 477 g/mol. The first kappa shape index (κ1) is 22.2. The number of nitrogens with two attached hydrogens (primary N) is 1. The third kappa shape index (κ3) is 3.51. The lowest BCUT2D eigenvalue weighted by Gasteiger charge is -2.18. The molecular formula is C30H26N3O3+. The number of ether oxygens (including phenoxy) is 2. The number of benzene rings is 2. The molecule has 3 N–H and O–H groups in total. The minimum atomic E-state index is -0.195. The summed E-state index contributed by atoms with van der Waals surface area (Å²) in [6.07, 6.45) is 8.49. The Kier molecular flexibility index (Phi) is 5.22. The molecular weight excluding hydrogens is 450 g/mol. The van der Waals surface area contributed by atoms with E-state index in [-0.39, 0.29) is 18.1 Å². The van der Waals surface area contributed by atoms with Crippen LogP contribution in [-0.4, -0.2) is 18.0 Å². The third-order valence-corrected chi connectivity index (χ3v) is 7.19. The van der Waals surface area contributed by atoms with Crippen molar-refractivity contribution in [2.75, 3.05) is 12.8 Å². The molecule has 3 aromatic rings. The molecule has 3 heterocycles. The molecule has 6 heteroatoms. The van der Waals surface area contributed by atoms with E-state index in [4.69, 9.17) is 15.2 Å². The number of carbonyl (C=O) groups excluding carboxylic acids is 1. The summed E-state index contributed by atoms with van der Waals surface area (Å²) in [6.45, 7) is 4.28. The molecule has 2 aliphatic heterocycles. The number of hydrogen-bond acceptors (Lipinski definition) is 5. The lowest BCUT2D eigenvalue weighted by atomic mass is 9.83. The van der Waals surface area contributed by atoms with Crippen LogP contribution in [-0.2, 0) is 16.0 Å². The fraction of sp³-hybridized carbons (Fsp3) is 0.200. The minimum Gasteiger partial charge on any atom is -0.437 e. The molecule has 0 radical (unpaired) electrons. The first-order valence-electron chi connectivity index (χ1n) is 11.9. The molecule has 2 atom stereocenters. The number of allylic oxidation sites excluding steroid dienone is 5. The van der Waals surface area contributed by atoms with E-state index in [0.717, 1.165) is 50.4 Å². The highest BCUT2D eigenvalue weighted by Gasteiger charge is 2.43. The minimum absolute atomic E-state index is 0.108. The summed E-state index contributed by atoms with van der Waals surface area (Å²) in [6, 6.07) is 14.1. The Hall–Kier alpha value is -4.25. The van der Waals surface area contributed by atoms with Crippen molar-refractivity contribution in [1.82, 2.24) is 10.3 Å². The van der Waals surface area contributed by atoms with E-state index in [1.54, 1.807) is 7.11 Å². The van der Waals surface area contributed by atoms with Gasteiger partial charge in [-0.3, -0.25) is 4.79 Å². The first-order valence-corrected chi connectivity index (χ1v) is 11.9. The summed E-state index contributed by atoms with van der Waals surface area (Å²) in [5.41, 5.74) is 15.8. The number of aromatic nitrogens is 1. The van der Waals surface area contributed by atoms with Crippen molar-refractivity contribution in [3.05, 3.63) is 123 Å². The number of hydrogen-bond donors (Lipinski definition) is 2. The van der Waals surface area contributed by atoms with Crippen molar-refractivity contribution in [2.45, 2.75) is 32.6 Å². The van der Waals surface area contributed by atoms with Crippen LogP contribution in [0.2, 0.25) is 0 Å². The Labute approximate surface area is 210 Å². The maximum atomic E-state index is 13.1. The van der Waals surface area contributed by atoms with Crippen LogP contribution in [0.5, 0.6) is 0 Å². The van der Waals surface area contributed by atoms with Gasteiger partial charge in [0.1, 0.15) is 35.8 Å². The van der Waals surface area contributed by atoms with Crippen LogP contribution in [0.3, 0.4) is 0 Å². The summed E-state index contributed by atoms with van der Waals surface area (Å²) in [5.74, 6) is 1.14. The molecule has 2 bridgehead atoms. The Balaban J connectivity index is 1.27. The van der Waals surface area contributed by atoms with Crippen molar-refractivity contribution in [3.63, 3.8) is 0 Å². The number of nitrogens with one attached hydrogen (secondary N) is 1. The van der Waals surface area contributed by atoms with E-state index in [1.165, 1.54) is 5.56 Å². The Bertz CT molecular complexity index is 1490. The number of nitrogen functional groups attached to an aromatic ring is 1. The lowest BCUT2D eigenvalue weighted by Crippen LogP contribution is -2.24. The zero-order chi connectivity index (χ0) is 25.0. The molecule has 178 valence electrons. The van der Waals surface area contributed by atoms with Crippen LogP contribution in [0.25, 0.3) is 5.57 Å². The fourth-order valence-electron chi connectivity index (χ4n) is 5.40. The van der Waals surface area contributed by atoms with Gasteiger partial charge in [0.05, 0.1) is 13.2 Å².